The zero-order valence-corrected chi connectivity index (χ0v) is 28.1. The molecule has 0 spiro atoms. The van der Waals surface area contributed by atoms with Gasteiger partial charge in [0.05, 0.1) is 17.1 Å². The van der Waals surface area contributed by atoms with E-state index in [1.54, 1.807) is 18.2 Å². The zero-order chi connectivity index (χ0) is 33.5. The zero-order valence-electron chi connectivity index (χ0n) is 27.3. The number of hydrogen-bond donors (Lipinski definition) is 2. The van der Waals surface area contributed by atoms with Gasteiger partial charge in [-0.15, -0.1) is 0 Å². The molecule has 2 bridgehead atoms. The van der Waals surface area contributed by atoms with Gasteiger partial charge in [-0.1, -0.05) is 18.6 Å². The van der Waals surface area contributed by atoms with E-state index in [0.717, 1.165) is 69.6 Å². The van der Waals surface area contributed by atoms with E-state index in [0.29, 0.717) is 29.7 Å². The average Bonchev–Trinajstić information content (AvgIpc) is 3.69. The predicted octanol–water partition coefficient (Wildman–Crippen LogP) is 7.64. The van der Waals surface area contributed by atoms with Crippen molar-refractivity contribution in [2.75, 3.05) is 0 Å². The first-order valence-electron chi connectivity index (χ1n) is 17.7. The van der Waals surface area contributed by atoms with Crippen molar-refractivity contribution in [2.24, 2.45) is 23.5 Å². The molecule has 3 aromatic carbocycles. The fraction of sp³-hybridized carbons (Fsp3) is 0.553. The van der Waals surface area contributed by atoms with E-state index in [9.17, 15) is 13.2 Å². The van der Waals surface area contributed by atoms with E-state index < -0.39 is 39.3 Å². The highest BCUT2D eigenvalue weighted by Gasteiger charge is 2.54. The van der Waals surface area contributed by atoms with Crippen LogP contribution in [-0.4, -0.2) is 38.5 Å². The maximum absolute atomic E-state index is 16.7. The van der Waals surface area contributed by atoms with Crippen molar-refractivity contribution >= 4 is 26.6 Å². The Kier molecular flexibility index (Phi) is 9.52. The Morgan fingerprint density at radius 2 is 1.29 bits per heavy atom. The largest absolute Gasteiger partial charge is 0.490 e. The number of sulfonamides is 1. The first-order chi connectivity index (χ1) is 23.1. The summed E-state index contributed by atoms with van der Waals surface area (Å²) in [7, 11) is -4.54. The number of hydrogen-bond acceptors (Lipinski definition) is 6. The van der Waals surface area contributed by atoms with Crippen molar-refractivity contribution in [3.05, 3.63) is 66.2 Å². The molecule has 7 rings (SSSR count). The fourth-order valence-electron chi connectivity index (χ4n) is 8.70. The van der Waals surface area contributed by atoms with Gasteiger partial charge in [-0.05, 0) is 148 Å². The molecule has 0 saturated heterocycles. The smallest absolute Gasteiger partial charge is 0.296 e. The van der Waals surface area contributed by atoms with E-state index in [1.807, 2.05) is 6.07 Å². The molecule has 10 heteroatoms. The number of rotatable bonds is 11. The van der Waals surface area contributed by atoms with Crippen molar-refractivity contribution in [2.45, 2.75) is 119 Å². The number of ketones is 1. The number of Topliss-reactive ketones (excluding diaryl/α,β-unsaturated/α-hetero) is 1. The van der Waals surface area contributed by atoms with Crippen LogP contribution in [0.1, 0.15) is 89.0 Å². The Morgan fingerprint density at radius 3 is 1.94 bits per heavy atom. The minimum absolute atomic E-state index is 0.0489. The highest BCUT2D eigenvalue weighted by Crippen LogP contribution is 2.49. The quantitative estimate of drug-likeness (QED) is 0.216. The molecule has 7 nitrogen and oxygen atoms in total. The molecule has 0 aliphatic heterocycles. The Morgan fingerprint density at radius 1 is 0.750 bits per heavy atom. The molecule has 4 fully saturated rings. The summed E-state index contributed by atoms with van der Waals surface area (Å²) in [6.45, 7) is 0. The molecule has 258 valence electrons. The lowest BCUT2D eigenvalue weighted by molar-refractivity contribution is -0.139. The van der Waals surface area contributed by atoms with Crippen molar-refractivity contribution in [1.82, 2.24) is 4.72 Å². The fourth-order valence-corrected chi connectivity index (χ4v) is 9.94. The topological polar surface area (TPSA) is 108 Å². The number of halogens is 2. The van der Waals surface area contributed by atoms with Gasteiger partial charge in [0.25, 0.3) is 5.92 Å². The van der Waals surface area contributed by atoms with E-state index in [2.05, 4.69) is 4.72 Å². The maximum atomic E-state index is 16.7. The van der Waals surface area contributed by atoms with Crippen LogP contribution < -0.4 is 19.9 Å². The Hall–Kier alpha value is -3.08. The second kappa shape index (κ2) is 13.7. The van der Waals surface area contributed by atoms with Crippen LogP contribution in [0.15, 0.2) is 65.6 Å². The monoisotopic (exact) mass is 680 g/mol. The molecule has 3 aromatic rings. The van der Waals surface area contributed by atoms with Crippen molar-refractivity contribution in [3.63, 3.8) is 0 Å². The van der Waals surface area contributed by atoms with Crippen molar-refractivity contribution < 1.29 is 31.5 Å². The molecule has 48 heavy (non-hydrogen) atoms. The second-order valence-electron chi connectivity index (χ2n) is 14.5. The SMILES string of the molecule is NC1CC2CCC(C1)C2C(=O)[C@@H](NS(=O)(=O)c1ccc2cc(OC3CCCC3)ccc2c1)C(F)(F)c1ccc(OC2CCCCC2)cc1. The third-order valence-corrected chi connectivity index (χ3v) is 12.6. The Labute approximate surface area is 282 Å². The highest BCUT2D eigenvalue weighted by molar-refractivity contribution is 7.89. The van der Waals surface area contributed by atoms with Gasteiger partial charge in [0.1, 0.15) is 17.5 Å². The minimum atomic E-state index is -4.54. The molecule has 0 amide bonds. The third kappa shape index (κ3) is 6.98. The molecule has 3 atom stereocenters. The number of nitrogens with one attached hydrogen (secondary N) is 1. The third-order valence-electron chi connectivity index (χ3n) is 11.2. The van der Waals surface area contributed by atoms with Gasteiger partial charge in [0.15, 0.2) is 5.78 Å². The molecule has 0 aromatic heterocycles. The van der Waals surface area contributed by atoms with Gasteiger partial charge in [-0.25, -0.2) is 8.42 Å². The first-order valence-corrected chi connectivity index (χ1v) is 19.2. The highest BCUT2D eigenvalue weighted by atomic mass is 32.2. The normalized spacial score (nSPS) is 26.1. The number of benzene rings is 3. The van der Waals surface area contributed by atoms with E-state index in [4.69, 9.17) is 15.2 Å². The lowest BCUT2D eigenvalue weighted by Crippen LogP contribution is -2.55. The lowest BCUT2D eigenvalue weighted by atomic mass is 9.72. The van der Waals surface area contributed by atoms with Gasteiger partial charge in [-0.2, -0.15) is 13.5 Å². The van der Waals surface area contributed by atoms with Crippen LogP contribution in [0.5, 0.6) is 11.5 Å². The number of nitrogens with two attached hydrogens (primary N) is 1. The summed E-state index contributed by atoms with van der Waals surface area (Å²) in [4.78, 5) is 14.0. The first kappa shape index (κ1) is 33.4. The van der Waals surface area contributed by atoms with Gasteiger partial charge >= 0.3 is 0 Å². The summed E-state index contributed by atoms with van der Waals surface area (Å²) in [5.41, 5.74) is 5.80. The van der Waals surface area contributed by atoms with Gasteiger partial charge in [-0.3, -0.25) is 4.79 Å². The Balaban J connectivity index is 1.16. The lowest BCUT2D eigenvalue weighted by Gasteiger charge is -2.36. The van der Waals surface area contributed by atoms with E-state index in [-0.39, 0.29) is 35.0 Å². The molecule has 4 aliphatic carbocycles. The van der Waals surface area contributed by atoms with Crippen LogP contribution in [0.4, 0.5) is 8.78 Å². The Bertz CT molecular complexity index is 1710. The minimum Gasteiger partial charge on any atom is -0.490 e. The molecule has 2 unspecified atom stereocenters. The maximum Gasteiger partial charge on any atom is 0.296 e. The molecular weight excluding hydrogens is 634 g/mol. The second-order valence-corrected chi connectivity index (χ2v) is 16.2. The van der Waals surface area contributed by atoms with E-state index in [1.165, 1.54) is 42.8 Å². The van der Waals surface area contributed by atoms with Crippen LogP contribution in [0.3, 0.4) is 0 Å². The van der Waals surface area contributed by atoms with Crippen LogP contribution in [-0.2, 0) is 20.7 Å². The summed E-state index contributed by atoms with van der Waals surface area (Å²) >= 11 is 0. The predicted molar refractivity (Wildman–Crippen MR) is 181 cm³/mol. The average molecular weight is 681 g/mol. The molecular formula is C38H46F2N2O5S. The summed E-state index contributed by atoms with van der Waals surface area (Å²) in [5, 5.41) is 1.40. The number of carbonyl (C=O) groups excluding carboxylic acids is 1. The summed E-state index contributed by atoms with van der Waals surface area (Å²) in [6.07, 6.45) is 12.3. The van der Waals surface area contributed by atoms with Gasteiger partial charge < -0.3 is 15.2 Å². The molecule has 0 heterocycles. The number of carbonyl (C=O) groups is 1. The molecule has 3 N–H and O–H groups in total. The summed E-state index contributed by atoms with van der Waals surface area (Å²) in [6, 6.07) is 13.0. The standard InChI is InChI=1S/C38H46F2N2O5S/c39-38(40,28-14-17-32(18-15-28)46-30-6-2-1-3-7-30)37(36(43)35-26-10-11-27(35)21-29(41)20-26)42-48(44,45)34-19-13-24-22-33(16-12-25(24)23-34)47-31-8-4-5-9-31/h12-19,22-23,26-27,29-31,35,37,42H,1-11,20-21,41H2/t26?,27?,29?,35?,37-/m1/s1. The number of alkyl halides is 2. The van der Waals surface area contributed by atoms with Crippen LogP contribution in [0, 0.1) is 17.8 Å². The molecule has 4 saturated carbocycles. The van der Waals surface area contributed by atoms with Crippen molar-refractivity contribution in [3.8, 4) is 11.5 Å². The molecule has 0 radical (unpaired) electrons. The summed E-state index contributed by atoms with van der Waals surface area (Å²) in [5.74, 6) is -4.34. The van der Waals surface area contributed by atoms with Crippen LogP contribution in [0.2, 0.25) is 0 Å². The summed E-state index contributed by atoms with van der Waals surface area (Å²) < 4.78 is 75.5. The van der Waals surface area contributed by atoms with Crippen molar-refractivity contribution in [1.29, 1.82) is 0 Å². The number of fused-ring (bicyclic) bond motifs is 3. The van der Waals surface area contributed by atoms with Crippen LogP contribution in [0.25, 0.3) is 10.8 Å². The van der Waals surface area contributed by atoms with Gasteiger partial charge in [0, 0.05) is 17.5 Å². The number of ether oxygens (including phenoxy) is 2. The van der Waals surface area contributed by atoms with Gasteiger partial charge in [0.2, 0.25) is 10.0 Å². The molecule has 4 aliphatic rings. The van der Waals surface area contributed by atoms with Crippen LogP contribution >= 0.6 is 0 Å². The van der Waals surface area contributed by atoms with E-state index >= 15 is 8.78 Å².